The lowest BCUT2D eigenvalue weighted by atomic mass is 10.2. The number of nitrogens with two attached hydrogens (primary N) is 1. The molecule has 0 fully saturated rings. The number of hydrogen-bond acceptors (Lipinski definition) is 5. The van der Waals surface area contributed by atoms with Crippen LogP contribution in [0.2, 0.25) is 0 Å². The van der Waals surface area contributed by atoms with E-state index < -0.39 is 33.2 Å². The van der Waals surface area contributed by atoms with Gasteiger partial charge in [0.25, 0.3) is 15.9 Å². The van der Waals surface area contributed by atoms with Crippen molar-refractivity contribution >= 4 is 27.6 Å². The van der Waals surface area contributed by atoms with Gasteiger partial charge in [-0.15, -0.1) is 0 Å². The maximum Gasteiger partial charge on any atom is 0.339 e. The molecule has 2 rings (SSSR count). The van der Waals surface area contributed by atoms with E-state index in [2.05, 4.69) is 4.72 Å². The van der Waals surface area contributed by atoms with E-state index in [1.165, 1.54) is 24.3 Å². The number of carboxylic acid groups (broad SMARTS) is 1. The van der Waals surface area contributed by atoms with Crippen LogP contribution in [0.25, 0.3) is 0 Å². The number of carboxylic acids is 1. The van der Waals surface area contributed by atoms with Crippen molar-refractivity contribution in [2.75, 3.05) is 4.72 Å². The Balaban J connectivity index is 2.47. The molecule has 0 aromatic heterocycles. The number of carbonyl (C=O) groups excluding carboxylic acids is 1. The summed E-state index contributed by atoms with van der Waals surface area (Å²) in [5, 5.41) is 18.3. The minimum absolute atomic E-state index is 0.0340. The van der Waals surface area contributed by atoms with Gasteiger partial charge in [-0.2, -0.15) is 0 Å². The molecule has 0 aliphatic rings. The molecule has 1 amide bonds. The van der Waals surface area contributed by atoms with Gasteiger partial charge in [-0.1, -0.05) is 12.1 Å². The van der Waals surface area contributed by atoms with Gasteiger partial charge >= 0.3 is 5.97 Å². The number of carbonyl (C=O) groups is 2. The van der Waals surface area contributed by atoms with E-state index in [4.69, 9.17) is 10.8 Å². The van der Waals surface area contributed by atoms with Crippen molar-refractivity contribution < 1.29 is 28.2 Å². The van der Waals surface area contributed by atoms with Crippen LogP contribution >= 0.6 is 0 Å². The third kappa shape index (κ3) is 3.40. The average molecular weight is 336 g/mol. The summed E-state index contributed by atoms with van der Waals surface area (Å²) >= 11 is 0. The maximum atomic E-state index is 12.3. The second-order valence-corrected chi connectivity index (χ2v) is 6.18. The van der Waals surface area contributed by atoms with Crippen LogP contribution in [0.1, 0.15) is 20.7 Å². The van der Waals surface area contributed by atoms with Crippen molar-refractivity contribution in [2.45, 2.75) is 4.90 Å². The van der Waals surface area contributed by atoms with Crippen LogP contribution in [0, 0.1) is 0 Å². The Morgan fingerprint density at radius 3 is 2.30 bits per heavy atom. The molecule has 0 atom stereocenters. The Morgan fingerprint density at radius 1 is 1.04 bits per heavy atom. The normalized spacial score (nSPS) is 11.0. The smallest absolute Gasteiger partial charge is 0.339 e. The second kappa shape index (κ2) is 5.97. The molecular weight excluding hydrogens is 324 g/mol. The molecule has 0 aliphatic heterocycles. The van der Waals surface area contributed by atoms with Crippen molar-refractivity contribution in [2.24, 2.45) is 5.73 Å². The Kier molecular flexibility index (Phi) is 4.23. The number of benzene rings is 2. The van der Waals surface area contributed by atoms with Gasteiger partial charge in [-0.3, -0.25) is 9.52 Å². The van der Waals surface area contributed by atoms with E-state index in [1.54, 1.807) is 0 Å². The van der Waals surface area contributed by atoms with Gasteiger partial charge in [-0.25, -0.2) is 13.2 Å². The predicted octanol–water partition coefficient (Wildman–Crippen LogP) is 0.990. The summed E-state index contributed by atoms with van der Waals surface area (Å²) in [6.45, 7) is 0. The highest BCUT2D eigenvalue weighted by atomic mass is 32.2. The molecule has 2 aromatic rings. The molecule has 0 spiro atoms. The number of nitrogens with one attached hydrogen (secondary N) is 1. The molecule has 0 saturated heterocycles. The van der Waals surface area contributed by atoms with Crippen LogP contribution in [-0.4, -0.2) is 30.5 Å². The Hall–Kier alpha value is -3.07. The molecule has 8 nitrogen and oxygen atoms in total. The lowest BCUT2D eigenvalue weighted by molar-refractivity contribution is 0.0693. The first-order valence-corrected chi connectivity index (χ1v) is 7.68. The van der Waals surface area contributed by atoms with Gasteiger partial charge in [0.2, 0.25) is 0 Å². The zero-order valence-electron chi connectivity index (χ0n) is 11.6. The molecule has 0 radical (unpaired) electrons. The highest BCUT2D eigenvalue weighted by Gasteiger charge is 2.20. The number of primary amides is 1. The van der Waals surface area contributed by atoms with Crippen LogP contribution in [0.5, 0.6) is 5.75 Å². The second-order valence-electron chi connectivity index (χ2n) is 4.50. The highest BCUT2D eigenvalue weighted by Crippen LogP contribution is 2.24. The number of hydrogen-bond donors (Lipinski definition) is 4. The maximum absolute atomic E-state index is 12.3. The van der Waals surface area contributed by atoms with Crippen LogP contribution in [-0.2, 0) is 10.0 Å². The minimum atomic E-state index is -4.17. The number of sulfonamides is 1. The summed E-state index contributed by atoms with van der Waals surface area (Å²) in [5.41, 5.74) is 4.54. The van der Waals surface area contributed by atoms with Gasteiger partial charge in [0.05, 0.1) is 16.1 Å². The first-order chi connectivity index (χ1) is 10.7. The van der Waals surface area contributed by atoms with Crippen LogP contribution in [0.4, 0.5) is 5.69 Å². The largest absolute Gasteiger partial charge is 0.507 e. The van der Waals surface area contributed by atoms with Crippen molar-refractivity contribution in [1.82, 2.24) is 0 Å². The number of anilines is 1. The van der Waals surface area contributed by atoms with Crippen molar-refractivity contribution in [3.8, 4) is 5.75 Å². The van der Waals surface area contributed by atoms with Crippen LogP contribution in [0.15, 0.2) is 47.4 Å². The fourth-order valence-corrected chi connectivity index (χ4v) is 2.95. The standard InChI is InChI=1S/C14H12N2O6S/c15-13(18)9-3-1-2-4-11(9)16-23(21,22)8-5-6-12(17)10(7-8)14(19)20/h1-7,16-17H,(H2,15,18)(H,19,20). The SMILES string of the molecule is NC(=O)c1ccccc1NS(=O)(=O)c1ccc(O)c(C(=O)O)c1. The zero-order valence-corrected chi connectivity index (χ0v) is 12.4. The highest BCUT2D eigenvalue weighted by molar-refractivity contribution is 7.92. The molecule has 9 heteroatoms. The molecule has 0 aliphatic carbocycles. The first kappa shape index (κ1) is 16.3. The van der Waals surface area contributed by atoms with E-state index in [-0.39, 0.29) is 16.1 Å². The van der Waals surface area contributed by atoms with E-state index in [0.717, 1.165) is 18.2 Å². The summed E-state index contributed by atoms with van der Waals surface area (Å²) in [4.78, 5) is 21.9. The van der Waals surface area contributed by atoms with Gasteiger partial charge in [0, 0.05) is 0 Å². The summed E-state index contributed by atoms with van der Waals surface area (Å²) < 4.78 is 26.8. The van der Waals surface area contributed by atoms with E-state index in [1.807, 2.05) is 0 Å². The molecule has 0 bridgehead atoms. The molecule has 23 heavy (non-hydrogen) atoms. The van der Waals surface area contributed by atoms with Gasteiger partial charge in [-0.05, 0) is 30.3 Å². The predicted molar refractivity (Wildman–Crippen MR) is 80.8 cm³/mol. The van der Waals surface area contributed by atoms with Crippen molar-refractivity contribution in [3.05, 3.63) is 53.6 Å². The Bertz CT molecular complexity index is 892. The summed E-state index contributed by atoms with van der Waals surface area (Å²) in [7, 11) is -4.17. The first-order valence-electron chi connectivity index (χ1n) is 6.20. The zero-order chi connectivity index (χ0) is 17.2. The quantitative estimate of drug-likeness (QED) is 0.640. The van der Waals surface area contributed by atoms with Crippen molar-refractivity contribution in [1.29, 1.82) is 0 Å². The van der Waals surface area contributed by atoms with Gasteiger partial charge in [0.1, 0.15) is 11.3 Å². The van der Waals surface area contributed by atoms with Crippen molar-refractivity contribution in [3.63, 3.8) is 0 Å². The number of rotatable bonds is 5. The summed E-state index contributed by atoms with van der Waals surface area (Å²) in [5.74, 6) is -2.86. The van der Waals surface area contributed by atoms with Crippen LogP contribution < -0.4 is 10.5 Å². The number of para-hydroxylation sites is 1. The van der Waals surface area contributed by atoms with E-state index >= 15 is 0 Å². The molecule has 0 saturated carbocycles. The average Bonchev–Trinajstić information content (AvgIpc) is 2.47. The van der Waals surface area contributed by atoms with E-state index in [9.17, 15) is 23.1 Å². The summed E-state index contributed by atoms with van der Waals surface area (Å²) in [6, 6.07) is 8.52. The lowest BCUT2D eigenvalue weighted by Crippen LogP contribution is -2.18. The number of amides is 1. The number of phenols is 1. The van der Waals surface area contributed by atoms with Crippen LogP contribution in [0.3, 0.4) is 0 Å². The number of aromatic hydroxyl groups is 1. The lowest BCUT2D eigenvalue weighted by Gasteiger charge is -2.11. The molecule has 2 aromatic carbocycles. The molecular formula is C14H12N2O6S. The fraction of sp³-hybridized carbons (Fsp3) is 0. The van der Waals surface area contributed by atoms with Gasteiger partial charge < -0.3 is 15.9 Å². The summed E-state index contributed by atoms with van der Waals surface area (Å²) in [6.07, 6.45) is 0. The Labute approximate surface area is 131 Å². The number of aromatic carboxylic acids is 1. The minimum Gasteiger partial charge on any atom is -0.507 e. The topological polar surface area (TPSA) is 147 Å². The van der Waals surface area contributed by atoms with E-state index in [0.29, 0.717) is 0 Å². The fourth-order valence-electron chi connectivity index (χ4n) is 1.84. The Morgan fingerprint density at radius 2 is 1.70 bits per heavy atom. The molecule has 0 unspecified atom stereocenters. The van der Waals surface area contributed by atoms with Gasteiger partial charge in [0.15, 0.2) is 0 Å². The molecule has 0 heterocycles. The third-order valence-electron chi connectivity index (χ3n) is 2.95. The monoisotopic (exact) mass is 336 g/mol. The molecule has 120 valence electrons. The molecule has 5 N–H and O–H groups in total. The third-order valence-corrected chi connectivity index (χ3v) is 4.31.